The van der Waals surface area contributed by atoms with Crippen molar-refractivity contribution < 1.29 is 0 Å². The van der Waals surface area contributed by atoms with Gasteiger partial charge in [-0.3, -0.25) is 5.41 Å². The SMILES string of the molecule is N=C(/N=C/c1cccc2c(Nc3cc4c(cc3-c3ccccc3)c3ccccc3n4-c3ccccc3)cccc12)c1ccccc1. The second kappa shape index (κ2) is 11.7. The highest BCUT2D eigenvalue weighted by molar-refractivity contribution is 6.13. The number of hydrogen-bond acceptors (Lipinski definition) is 2. The minimum absolute atomic E-state index is 0.237. The van der Waals surface area contributed by atoms with Gasteiger partial charge < -0.3 is 9.88 Å². The van der Waals surface area contributed by atoms with Gasteiger partial charge in [-0.2, -0.15) is 0 Å². The van der Waals surface area contributed by atoms with Crippen molar-refractivity contribution in [3.63, 3.8) is 0 Å². The number of nitrogens with zero attached hydrogens (tertiary/aromatic N) is 2. The van der Waals surface area contributed by atoms with E-state index in [2.05, 4.69) is 142 Å². The Morgan fingerprint density at radius 2 is 1.20 bits per heavy atom. The van der Waals surface area contributed by atoms with Crippen LogP contribution in [0, 0.1) is 5.41 Å². The summed E-state index contributed by atoms with van der Waals surface area (Å²) in [7, 11) is 0. The van der Waals surface area contributed by atoms with Crippen molar-refractivity contribution in [3.8, 4) is 16.8 Å². The van der Waals surface area contributed by atoms with E-state index in [-0.39, 0.29) is 5.84 Å². The predicted octanol–water partition coefficient (Wildman–Crippen LogP) is 10.8. The summed E-state index contributed by atoms with van der Waals surface area (Å²) in [4.78, 5) is 4.51. The Bertz CT molecular complexity index is 2390. The van der Waals surface area contributed by atoms with Crippen molar-refractivity contribution >= 4 is 56.0 Å². The molecule has 0 aliphatic heterocycles. The molecule has 0 aliphatic carbocycles. The molecule has 2 N–H and O–H groups in total. The van der Waals surface area contributed by atoms with Gasteiger partial charge in [0.2, 0.25) is 0 Å². The highest BCUT2D eigenvalue weighted by atomic mass is 15.0. The Morgan fingerprint density at radius 3 is 2.00 bits per heavy atom. The van der Waals surface area contributed by atoms with Gasteiger partial charge in [0.1, 0.15) is 0 Å². The van der Waals surface area contributed by atoms with Gasteiger partial charge in [0.15, 0.2) is 5.84 Å². The quantitative estimate of drug-likeness (QED) is 0.147. The van der Waals surface area contributed by atoms with E-state index in [1.165, 1.54) is 16.3 Å². The maximum absolute atomic E-state index is 8.46. The summed E-state index contributed by atoms with van der Waals surface area (Å²) in [6.45, 7) is 0. The molecule has 0 atom stereocenters. The normalized spacial score (nSPS) is 11.5. The number of rotatable bonds is 6. The third-order valence-corrected chi connectivity index (χ3v) is 8.52. The second-order valence-corrected chi connectivity index (χ2v) is 11.3. The smallest absolute Gasteiger partial charge is 0.151 e. The Balaban J connectivity index is 1.29. The van der Waals surface area contributed by atoms with Crippen LogP contribution in [0.3, 0.4) is 0 Å². The molecule has 4 heteroatoms. The molecule has 7 aromatic carbocycles. The molecular weight excluding hydrogens is 560 g/mol. The van der Waals surface area contributed by atoms with Crippen LogP contribution < -0.4 is 5.32 Å². The maximum Gasteiger partial charge on any atom is 0.151 e. The van der Waals surface area contributed by atoms with Gasteiger partial charge in [0.25, 0.3) is 0 Å². The van der Waals surface area contributed by atoms with Crippen molar-refractivity contribution in [3.05, 3.63) is 175 Å². The number of benzene rings is 7. The van der Waals surface area contributed by atoms with E-state index in [1.807, 2.05) is 36.4 Å². The van der Waals surface area contributed by atoms with Crippen LogP contribution in [0.5, 0.6) is 0 Å². The Hall–Kier alpha value is -6.26. The summed E-state index contributed by atoms with van der Waals surface area (Å²) in [6.07, 6.45) is 1.79. The van der Waals surface area contributed by atoms with Crippen molar-refractivity contribution in [2.45, 2.75) is 0 Å². The van der Waals surface area contributed by atoms with Gasteiger partial charge in [0.05, 0.1) is 11.0 Å². The molecule has 8 rings (SSSR count). The lowest BCUT2D eigenvalue weighted by Crippen LogP contribution is -1.98. The fourth-order valence-electron chi connectivity index (χ4n) is 6.34. The van der Waals surface area contributed by atoms with Gasteiger partial charge in [0, 0.05) is 56.1 Å². The number of fused-ring (bicyclic) bond motifs is 4. The Labute approximate surface area is 267 Å². The van der Waals surface area contributed by atoms with Crippen LogP contribution in [0.4, 0.5) is 11.4 Å². The highest BCUT2D eigenvalue weighted by Gasteiger charge is 2.17. The maximum atomic E-state index is 8.46. The van der Waals surface area contributed by atoms with Crippen molar-refractivity contribution in [2.24, 2.45) is 4.99 Å². The van der Waals surface area contributed by atoms with Crippen LogP contribution in [0.15, 0.2) is 169 Å². The van der Waals surface area contributed by atoms with E-state index in [1.54, 1.807) is 6.21 Å². The molecule has 0 saturated heterocycles. The summed E-state index contributed by atoms with van der Waals surface area (Å²) >= 11 is 0. The lowest BCUT2D eigenvalue weighted by Gasteiger charge is -2.17. The number of para-hydroxylation sites is 2. The lowest BCUT2D eigenvalue weighted by molar-refractivity contribution is 1.18. The number of hydrogen-bond donors (Lipinski definition) is 2. The zero-order chi connectivity index (χ0) is 30.9. The molecule has 4 nitrogen and oxygen atoms in total. The molecule has 0 amide bonds. The van der Waals surface area contributed by atoms with E-state index in [9.17, 15) is 0 Å². The van der Waals surface area contributed by atoms with Crippen LogP contribution in [0.2, 0.25) is 0 Å². The van der Waals surface area contributed by atoms with Crippen molar-refractivity contribution in [1.29, 1.82) is 5.41 Å². The second-order valence-electron chi connectivity index (χ2n) is 11.3. The summed E-state index contributed by atoms with van der Waals surface area (Å²) in [6, 6.07) is 56.5. The molecule has 0 unspecified atom stereocenters. The first-order chi connectivity index (χ1) is 22.7. The lowest BCUT2D eigenvalue weighted by atomic mass is 9.99. The molecular formula is C42H30N4. The minimum Gasteiger partial charge on any atom is -0.354 e. The fraction of sp³-hybridized carbons (Fsp3) is 0. The molecule has 46 heavy (non-hydrogen) atoms. The molecule has 0 radical (unpaired) electrons. The standard InChI is InChI=1S/C42H30N4/c43-42(30-16-6-2-7-17-30)44-28-31-18-12-23-34-33(31)22-13-24-38(34)45-39-27-41-37(26-36(39)29-14-4-1-5-15-29)35-21-10-11-25-40(35)46(41)32-19-8-3-9-20-32/h1-28,43,45H/b43-42?,44-28+. The monoisotopic (exact) mass is 590 g/mol. The first-order valence-electron chi connectivity index (χ1n) is 15.4. The average Bonchev–Trinajstić information content (AvgIpc) is 3.44. The van der Waals surface area contributed by atoms with E-state index < -0.39 is 0 Å². The first kappa shape index (κ1) is 27.3. The van der Waals surface area contributed by atoms with Crippen molar-refractivity contribution in [1.82, 2.24) is 4.57 Å². The zero-order valence-electron chi connectivity index (χ0n) is 25.1. The summed E-state index contributed by atoms with van der Waals surface area (Å²) in [5.41, 5.74) is 9.51. The number of amidine groups is 1. The topological polar surface area (TPSA) is 53.2 Å². The van der Waals surface area contributed by atoms with Crippen LogP contribution in [-0.2, 0) is 0 Å². The molecule has 0 spiro atoms. The Morgan fingerprint density at radius 1 is 0.543 bits per heavy atom. The van der Waals surface area contributed by atoms with Gasteiger partial charge in [-0.15, -0.1) is 0 Å². The van der Waals surface area contributed by atoms with Crippen molar-refractivity contribution in [2.75, 3.05) is 5.32 Å². The third-order valence-electron chi connectivity index (χ3n) is 8.52. The average molecular weight is 591 g/mol. The zero-order valence-corrected chi connectivity index (χ0v) is 25.1. The summed E-state index contributed by atoms with van der Waals surface area (Å²) in [5.74, 6) is 0.237. The molecule has 8 aromatic rings. The molecule has 0 aliphatic rings. The van der Waals surface area contributed by atoms with E-state index in [0.717, 1.165) is 55.6 Å². The third kappa shape index (κ3) is 4.92. The first-order valence-corrected chi connectivity index (χ1v) is 15.4. The van der Waals surface area contributed by atoms with Gasteiger partial charge >= 0.3 is 0 Å². The molecule has 1 aromatic heterocycles. The van der Waals surface area contributed by atoms with Gasteiger partial charge in [-0.05, 0) is 47.3 Å². The molecule has 0 fully saturated rings. The molecule has 0 bridgehead atoms. The van der Waals surface area contributed by atoms with Gasteiger partial charge in [-0.25, -0.2) is 4.99 Å². The molecule has 0 saturated carbocycles. The van der Waals surface area contributed by atoms with E-state index >= 15 is 0 Å². The van der Waals surface area contributed by atoms with Crippen LogP contribution in [0.25, 0.3) is 49.4 Å². The van der Waals surface area contributed by atoms with Crippen LogP contribution >= 0.6 is 0 Å². The van der Waals surface area contributed by atoms with Crippen LogP contribution in [-0.4, -0.2) is 16.6 Å². The fourth-order valence-corrected chi connectivity index (χ4v) is 6.34. The summed E-state index contributed by atoms with van der Waals surface area (Å²) in [5, 5.41) is 16.9. The van der Waals surface area contributed by atoms with E-state index in [0.29, 0.717) is 0 Å². The molecule has 1 heterocycles. The number of nitrogens with one attached hydrogen (secondary N) is 2. The summed E-state index contributed by atoms with van der Waals surface area (Å²) < 4.78 is 2.35. The number of anilines is 2. The number of aromatic nitrogens is 1. The van der Waals surface area contributed by atoms with Crippen LogP contribution in [0.1, 0.15) is 11.1 Å². The minimum atomic E-state index is 0.237. The largest absolute Gasteiger partial charge is 0.354 e. The molecule has 218 valence electrons. The number of aliphatic imine (C=N–C) groups is 1. The van der Waals surface area contributed by atoms with Gasteiger partial charge in [-0.1, -0.05) is 127 Å². The predicted molar refractivity (Wildman–Crippen MR) is 194 cm³/mol. The van der Waals surface area contributed by atoms with E-state index in [4.69, 9.17) is 5.41 Å². The highest BCUT2D eigenvalue weighted by Crippen LogP contribution is 2.41. The Kier molecular flexibility index (Phi) is 6.93.